The quantitative estimate of drug-likeness (QED) is 0.458. The summed E-state index contributed by atoms with van der Waals surface area (Å²) in [5.74, 6) is 2.79. The maximum Gasteiger partial charge on any atom is 0.254 e. The van der Waals surface area contributed by atoms with Gasteiger partial charge >= 0.3 is 0 Å². The molecule has 0 unspecified atom stereocenters. The van der Waals surface area contributed by atoms with Crippen molar-refractivity contribution in [1.29, 1.82) is 0 Å². The molecule has 7 heteroatoms. The van der Waals surface area contributed by atoms with Crippen LogP contribution in [0.2, 0.25) is 0 Å². The molecule has 33 heavy (non-hydrogen) atoms. The summed E-state index contributed by atoms with van der Waals surface area (Å²) in [6, 6.07) is 17.4. The number of amides is 1. The highest BCUT2D eigenvalue weighted by Gasteiger charge is 2.24. The molecule has 0 N–H and O–H groups in total. The number of nitrogens with zero attached hydrogens (tertiary/aromatic N) is 5. The van der Waals surface area contributed by atoms with Crippen LogP contribution in [0.5, 0.6) is 0 Å². The van der Waals surface area contributed by atoms with Gasteiger partial charge in [-0.3, -0.25) is 4.79 Å². The number of hydrogen-bond donors (Lipinski definition) is 0. The summed E-state index contributed by atoms with van der Waals surface area (Å²) < 4.78 is 5.59. The number of anilines is 1. The first kappa shape index (κ1) is 21.1. The topological polar surface area (TPSA) is 75.4 Å². The van der Waals surface area contributed by atoms with Gasteiger partial charge in [0.1, 0.15) is 17.2 Å². The predicted molar refractivity (Wildman–Crippen MR) is 128 cm³/mol. The molecule has 1 aliphatic rings. The highest BCUT2D eigenvalue weighted by atomic mass is 16.5. The Morgan fingerprint density at radius 3 is 2.45 bits per heavy atom. The SMILES string of the molecule is Cc1cc(N2CCN(C(=O)c3ccc4noc(-c5ccccc5)c4c3)CC2)nc(C(C)C)n1. The summed E-state index contributed by atoms with van der Waals surface area (Å²) in [6.45, 7) is 8.98. The molecule has 1 fully saturated rings. The molecular weight excluding hydrogens is 414 g/mol. The lowest BCUT2D eigenvalue weighted by atomic mass is 10.1. The second-order valence-corrected chi connectivity index (χ2v) is 8.77. The molecule has 0 radical (unpaired) electrons. The van der Waals surface area contributed by atoms with Crippen LogP contribution in [0.1, 0.15) is 41.6 Å². The number of rotatable bonds is 4. The molecule has 0 aliphatic carbocycles. The average molecular weight is 442 g/mol. The molecule has 0 atom stereocenters. The third-order valence-corrected chi connectivity index (χ3v) is 6.02. The van der Waals surface area contributed by atoms with Crippen LogP contribution in [0.25, 0.3) is 22.2 Å². The van der Waals surface area contributed by atoms with E-state index in [0.29, 0.717) is 24.4 Å². The molecule has 4 aromatic rings. The summed E-state index contributed by atoms with van der Waals surface area (Å²) in [4.78, 5) is 26.7. The number of benzene rings is 2. The van der Waals surface area contributed by atoms with Gasteiger partial charge in [-0.1, -0.05) is 49.3 Å². The molecule has 1 aliphatic heterocycles. The first-order valence-corrected chi connectivity index (χ1v) is 11.3. The van der Waals surface area contributed by atoms with Gasteiger partial charge in [-0.25, -0.2) is 9.97 Å². The minimum Gasteiger partial charge on any atom is -0.355 e. The van der Waals surface area contributed by atoms with Crippen LogP contribution in [0.4, 0.5) is 5.82 Å². The van der Waals surface area contributed by atoms with Crippen LogP contribution < -0.4 is 4.90 Å². The Morgan fingerprint density at radius 1 is 0.970 bits per heavy atom. The van der Waals surface area contributed by atoms with Crippen LogP contribution in [-0.4, -0.2) is 52.1 Å². The van der Waals surface area contributed by atoms with Gasteiger partial charge in [-0.2, -0.15) is 0 Å². The van der Waals surface area contributed by atoms with Gasteiger partial charge in [0, 0.05) is 55.0 Å². The number of piperazine rings is 1. The Hall–Kier alpha value is -3.74. The Kier molecular flexibility index (Phi) is 5.54. The fourth-order valence-electron chi connectivity index (χ4n) is 4.19. The fourth-order valence-corrected chi connectivity index (χ4v) is 4.19. The summed E-state index contributed by atoms with van der Waals surface area (Å²) in [6.07, 6.45) is 0. The summed E-state index contributed by atoms with van der Waals surface area (Å²) in [7, 11) is 0. The Bertz CT molecular complexity index is 1290. The summed E-state index contributed by atoms with van der Waals surface area (Å²) in [5.41, 5.74) is 3.31. The van der Waals surface area contributed by atoms with Gasteiger partial charge in [0.25, 0.3) is 5.91 Å². The van der Waals surface area contributed by atoms with Crippen molar-refractivity contribution in [2.24, 2.45) is 0 Å². The molecule has 1 saturated heterocycles. The monoisotopic (exact) mass is 441 g/mol. The molecule has 3 heterocycles. The third kappa shape index (κ3) is 4.18. The lowest BCUT2D eigenvalue weighted by Crippen LogP contribution is -2.49. The van der Waals surface area contributed by atoms with E-state index >= 15 is 0 Å². The van der Waals surface area contributed by atoms with E-state index in [1.807, 2.05) is 66.4 Å². The summed E-state index contributed by atoms with van der Waals surface area (Å²) in [5, 5.41) is 5.01. The molecule has 168 valence electrons. The van der Waals surface area contributed by atoms with Gasteiger partial charge in [0.05, 0.1) is 5.39 Å². The second-order valence-electron chi connectivity index (χ2n) is 8.77. The largest absolute Gasteiger partial charge is 0.355 e. The maximum absolute atomic E-state index is 13.3. The van der Waals surface area contributed by atoms with Crippen molar-refractivity contribution in [3.8, 4) is 11.3 Å². The number of aromatic nitrogens is 3. The zero-order chi connectivity index (χ0) is 22.9. The number of carbonyl (C=O) groups is 1. The Morgan fingerprint density at radius 2 is 1.73 bits per heavy atom. The summed E-state index contributed by atoms with van der Waals surface area (Å²) >= 11 is 0. The molecule has 0 spiro atoms. The van der Waals surface area contributed by atoms with Crippen LogP contribution in [0.3, 0.4) is 0 Å². The van der Waals surface area contributed by atoms with E-state index in [4.69, 9.17) is 9.51 Å². The predicted octanol–water partition coefficient (Wildman–Crippen LogP) is 4.68. The van der Waals surface area contributed by atoms with Gasteiger partial charge in [0.2, 0.25) is 0 Å². The molecule has 1 amide bonds. The van der Waals surface area contributed by atoms with E-state index < -0.39 is 0 Å². The van der Waals surface area contributed by atoms with Crippen molar-refractivity contribution in [2.45, 2.75) is 26.7 Å². The minimum atomic E-state index is 0.0264. The van der Waals surface area contributed by atoms with E-state index in [0.717, 1.165) is 46.9 Å². The highest BCUT2D eigenvalue weighted by Crippen LogP contribution is 2.29. The molecule has 5 rings (SSSR count). The number of aryl methyl sites for hydroxylation is 1. The first-order valence-electron chi connectivity index (χ1n) is 11.3. The standard InChI is InChI=1S/C26H27N5O2/c1-17(2)25-27-18(3)15-23(28-25)30-11-13-31(14-12-30)26(32)20-9-10-22-21(16-20)24(33-29-22)19-7-5-4-6-8-19/h4-10,15-17H,11-14H2,1-3H3. The van der Waals surface area contributed by atoms with Crippen LogP contribution >= 0.6 is 0 Å². The van der Waals surface area contributed by atoms with E-state index in [-0.39, 0.29) is 11.8 Å². The zero-order valence-electron chi connectivity index (χ0n) is 19.2. The van der Waals surface area contributed by atoms with E-state index in [1.165, 1.54) is 0 Å². The van der Waals surface area contributed by atoms with Gasteiger partial charge in [0.15, 0.2) is 5.76 Å². The fraction of sp³-hybridized carbons (Fsp3) is 0.308. The molecule has 0 bridgehead atoms. The van der Waals surface area contributed by atoms with E-state index in [1.54, 1.807) is 0 Å². The van der Waals surface area contributed by atoms with Crippen LogP contribution in [0, 0.1) is 6.92 Å². The van der Waals surface area contributed by atoms with Crippen LogP contribution in [-0.2, 0) is 0 Å². The third-order valence-electron chi connectivity index (χ3n) is 6.02. The van der Waals surface area contributed by atoms with E-state index in [9.17, 15) is 4.79 Å². The van der Waals surface area contributed by atoms with Gasteiger partial charge < -0.3 is 14.3 Å². The molecule has 2 aromatic carbocycles. The average Bonchev–Trinajstić information content (AvgIpc) is 3.27. The first-order chi connectivity index (χ1) is 16.0. The Balaban J connectivity index is 1.33. The number of carbonyl (C=O) groups excluding carboxylic acids is 1. The van der Waals surface area contributed by atoms with Crippen molar-refractivity contribution in [3.63, 3.8) is 0 Å². The molecule has 0 saturated carbocycles. The zero-order valence-corrected chi connectivity index (χ0v) is 19.2. The second kappa shape index (κ2) is 8.65. The number of hydrogen-bond acceptors (Lipinski definition) is 6. The van der Waals surface area contributed by atoms with Crippen molar-refractivity contribution in [1.82, 2.24) is 20.0 Å². The van der Waals surface area contributed by atoms with Gasteiger partial charge in [-0.05, 0) is 25.1 Å². The molecule has 7 nitrogen and oxygen atoms in total. The lowest BCUT2D eigenvalue weighted by Gasteiger charge is -2.35. The molecule has 2 aromatic heterocycles. The van der Waals surface area contributed by atoms with E-state index in [2.05, 4.69) is 28.9 Å². The normalized spacial score (nSPS) is 14.3. The maximum atomic E-state index is 13.3. The smallest absolute Gasteiger partial charge is 0.254 e. The Labute approximate surface area is 193 Å². The van der Waals surface area contributed by atoms with Crippen molar-refractivity contribution >= 4 is 22.6 Å². The molecular formula is C26H27N5O2. The number of fused-ring (bicyclic) bond motifs is 1. The van der Waals surface area contributed by atoms with Crippen LogP contribution in [0.15, 0.2) is 59.1 Å². The van der Waals surface area contributed by atoms with Gasteiger partial charge in [-0.15, -0.1) is 0 Å². The minimum absolute atomic E-state index is 0.0264. The van der Waals surface area contributed by atoms with Crippen molar-refractivity contribution in [2.75, 3.05) is 31.1 Å². The lowest BCUT2D eigenvalue weighted by molar-refractivity contribution is 0.0746. The van der Waals surface area contributed by atoms with Crippen molar-refractivity contribution in [3.05, 3.63) is 71.7 Å². The highest BCUT2D eigenvalue weighted by molar-refractivity contribution is 6.01. The van der Waals surface area contributed by atoms with Crippen molar-refractivity contribution < 1.29 is 9.32 Å².